The number of likely N-dealkylation sites (N-methyl/N-ethyl adjacent to an activating group) is 1. The van der Waals surface area contributed by atoms with Crippen LogP contribution in [0.4, 0.5) is 0 Å². The van der Waals surface area contributed by atoms with Crippen LogP contribution in [0.15, 0.2) is 17.2 Å². The molecule has 0 saturated carbocycles. The molecule has 1 amide bonds. The maximum Gasteiger partial charge on any atom is 0.255 e. The maximum atomic E-state index is 11.5. The molecule has 0 aliphatic carbocycles. The Morgan fingerprint density at radius 2 is 2.33 bits per heavy atom. The van der Waals surface area contributed by atoms with Crippen molar-refractivity contribution < 1.29 is 4.79 Å². The largest absolute Gasteiger partial charge is 0.344 e. The van der Waals surface area contributed by atoms with Crippen molar-refractivity contribution in [1.29, 1.82) is 0 Å². The van der Waals surface area contributed by atoms with Gasteiger partial charge in [0.05, 0.1) is 6.33 Å². The molecule has 0 aliphatic rings. The average Bonchev–Trinajstić information content (AvgIpc) is 2.20. The van der Waals surface area contributed by atoms with Crippen LogP contribution in [0.25, 0.3) is 0 Å². The number of carbonyl (C=O) groups excluding carboxylic acids is 1. The number of amides is 1. The minimum Gasteiger partial charge on any atom is -0.344 e. The minimum atomic E-state index is -0.326. The van der Waals surface area contributed by atoms with E-state index >= 15 is 0 Å². The van der Waals surface area contributed by atoms with Gasteiger partial charge in [-0.25, -0.2) is 4.98 Å². The van der Waals surface area contributed by atoms with E-state index in [2.05, 4.69) is 4.98 Å². The Morgan fingerprint density at radius 3 is 2.87 bits per heavy atom. The summed E-state index contributed by atoms with van der Waals surface area (Å²) in [5.41, 5.74) is -0.326. The third kappa shape index (κ3) is 3.06. The summed E-state index contributed by atoms with van der Waals surface area (Å²) in [6.45, 7) is 2.46. The van der Waals surface area contributed by atoms with Gasteiger partial charge in [-0.05, 0) is 6.92 Å². The van der Waals surface area contributed by atoms with Crippen molar-refractivity contribution in [2.24, 2.45) is 0 Å². The van der Waals surface area contributed by atoms with E-state index in [0.29, 0.717) is 6.54 Å². The number of halogens is 1. The first-order chi connectivity index (χ1) is 7.04. The van der Waals surface area contributed by atoms with Crippen LogP contribution in [0, 0.1) is 0 Å². The third-order valence-corrected chi connectivity index (χ3v) is 2.26. The Hall–Kier alpha value is -1.36. The van der Waals surface area contributed by atoms with Crippen molar-refractivity contribution in [3.8, 4) is 0 Å². The number of rotatable bonds is 3. The molecule has 0 bridgehead atoms. The van der Waals surface area contributed by atoms with E-state index in [9.17, 15) is 9.59 Å². The number of carbonyl (C=O) groups is 1. The van der Waals surface area contributed by atoms with E-state index in [-0.39, 0.29) is 23.2 Å². The van der Waals surface area contributed by atoms with E-state index in [0.717, 1.165) is 0 Å². The van der Waals surface area contributed by atoms with Gasteiger partial charge in [-0.1, -0.05) is 11.6 Å². The molecule has 0 N–H and O–H groups in total. The molecule has 1 aromatic rings. The molecule has 0 radical (unpaired) electrons. The summed E-state index contributed by atoms with van der Waals surface area (Å²) < 4.78 is 1.22. The molecule has 0 aliphatic heterocycles. The molecule has 0 fully saturated rings. The predicted molar refractivity (Wildman–Crippen MR) is 56.8 cm³/mol. The van der Waals surface area contributed by atoms with E-state index < -0.39 is 0 Å². The van der Waals surface area contributed by atoms with Gasteiger partial charge in [0.25, 0.3) is 5.56 Å². The zero-order chi connectivity index (χ0) is 11.4. The van der Waals surface area contributed by atoms with Crippen LogP contribution >= 0.6 is 11.6 Å². The summed E-state index contributed by atoms with van der Waals surface area (Å²) in [7, 11) is 1.68. The van der Waals surface area contributed by atoms with Gasteiger partial charge in [0.2, 0.25) is 5.91 Å². The van der Waals surface area contributed by atoms with Crippen LogP contribution in [0.1, 0.15) is 6.92 Å². The highest BCUT2D eigenvalue weighted by molar-refractivity contribution is 6.29. The fourth-order valence-corrected chi connectivity index (χ4v) is 1.10. The quantitative estimate of drug-likeness (QED) is 0.704. The molecule has 82 valence electrons. The summed E-state index contributed by atoms with van der Waals surface area (Å²) in [4.78, 5) is 28.1. The molecule has 1 rings (SSSR count). The average molecular weight is 230 g/mol. The lowest BCUT2D eigenvalue weighted by atomic mass is 10.5. The van der Waals surface area contributed by atoms with E-state index in [1.807, 2.05) is 6.92 Å². The Morgan fingerprint density at radius 1 is 1.67 bits per heavy atom. The van der Waals surface area contributed by atoms with Crippen molar-refractivity contribution in [1.82, 2.24) is 14.5 Å². The van der Waals surface area contributed by atoms with Crippen molar-refractivity contribution in [3.05, 3.63) is 27.9 Å². The summed E-state index contributed by atoms with van der Waals surface area (Å²) in [5, 5.41) is 0.132. The standard InChI is InChI=1S/C9H12ClN3O2/c1-3-12(2)9(15)5-13-6-11-7(10)4-8(13)14/h4,6H,3,5H2,1-2H3. The highest BCUT2D eigenvalue weighted by Gasteiger charge is 2.08. The molecule has 1 heterocycles. The SMILES string of the molecule is CCN(C)C(=O)Cn1cnc(Cl)cc1=O. The Kier molecular flexibility index (Phi) is 3.85. The van der Waals surface area contributed by atoms with Gasteiger partial charge >= 0.3 is 0 Å². The molecule has 0 unspecified atom stereocenters. The van der Waals surface area contributed by atoms with E-state index in [1.54, 1.807) is 7.05 Å². The van der Waals surface area contributed by atoms with Gasteiger partial charge in [0, 0.05) is 19.7 Å². The number of aromatic nitrogens is 2. The molecule has 1 aromatic heterocycles. The van der Waals surface area contributed by atoms with Gasteiger partial charge in [0.1, 0.15) is 11.7 Å². The first-order valence-corrected chi connectivity index (χ1v) is 4.88. The first-order valence-electron chi connectivity index (χ1n) is 4.50. The lowest BCUT2D eigenvalue weighted by Gasteiger charge is -2.14. The molecule has 6 heteroatoms. The number of hydrogen-bond donors (Lipinski definition) is 0. The second kappa shape index (κ2) is 4.93. The van der Waals surface area contributed by atoms with Crippen LogP contribution in [-0.2, 0) is 11.3 Å². The normalized spacial score (nSPS) is 10.1. The lowest BCUT2D eigenvalue weighted by molar-refractivity contribution is -0.130. The van der Waals surface area contributed by atoms with Gasteiger partial charge in [-0.15, -0.1) is 0 Å². The lowest BCUT2D eigenvalue weighted by Crippen LogP contribution is -2.33. The summed E-state index contributed by atoms with van der Waals surface area (Å²) >= 11 is 5.52. The minimum absolute atomic E-state index is 0.00660. The first kappa shape index (κ1) is 11.7. The topological polar surface area (TPSA) is 55.2 Å². The van der Waals surface area contributed by atoms with Crippen molar-refractivity contribution in [2.45, 2.75) is 13.5 Å². The zero-order valence-corrected chi connectivity index (χ0v) is 9.36. The van der Waals surface area contributed by atoms with E-state index in [4.69, 9.17) is 11.6 Å². The fraction of sp³-hybridized carbons (Fsp3) is 0.444. The molecular weight excluding hydrogens is 218 g/mol. The summed E-state index contributed by atoms with van der Waals surface area (Å²) in [6, 6.07) is 1.18. The predicted octanol–water partition coefficient (Wildman–Crippen LogP) is 0.375. The highest BCUT2D eigenvalue weighted by atomic mass is 35.5. The Labute approximate surface area is 92.3 Å². The molecular formula is C9H12ClN3O2. The van der Waals surface area contributed by atoms with Crippen molar-refractivity contribution >= 4 is 17.5 Å². The fourth-order valence-electron chi connectivity index (χ4n) is 0.965. The zero-order valence-electron chi connectivity index (χ0n) is 8.61. The number of hydrogen-bond acceptors (Lipinski definition) is 3. The summed E-state index contributed by atoms with van der Waals surface area (Å²) in [6.07, 6.45) is 1.27. The van der Waals surface area contributed by atoms with Crippen molar-refractivity contribution in [3.63, 3.8) is 0 Å². The van der Waals surface area contributed by atoms with Gasteiger partial charge in [0.15, 0.2) is 0 Å². The second-order valence-electron chi connectivity index (χ2n) is 3.09. The smallest absolute Gasteiger partial charge is 0.255 e. The van der Waals surface area contributed by atoms with Gasteiger partial charge in [-0.2, -0.15) is 0 Å². The van der Waals surface area contributed by atoms with Gasteiger partial charge in [-0.3, -0.25) is 14.2 Å². The highest BCUT2D eigenvalue weighted by Crippen LogP contribution is 1.96. The van der Waals surface area contributed by atoms with Crippen molar-refractivity contribution in [2.75, 3.05) is 13.6 Å². The Balaban J connectivity index is 2.82. The second-order valence-corrected chi connectivity index (χ2v) is 3.47. The molecule has 0 saturated heterocycles. The Bertz CT molecular complexity index is 416. The monoisotopic (exact) mass is 229 g/mol. The van der Waals surface area contributed by atoms with Crippen LogP contribution < -0.4 is 5.56 Å². The van der Waals surface area contributed by atoms with Crippen LogP contribution in [0.2, 0.25) is 5.15 Å². The van der Waals surface area contributed by atoms with Crippen LogP contribution in [-0.4, -0.2) is 34.0 Å². The molecule has 0 atom stereocenters. The third-order valence-electron chi connectivity index (χ3n) is 2.05. The van der Waals surface area contributed by atoms with Crippen LogP contribution in [0.5, 0.6) is 0 Å². The molecule has 5 nitrogen and oxygen atoms in total. The molecule has 0 spiro atoms. The maximum absolute atomic E-state index is 11.5. The number of nitrogens with zero attached hydrogens (tertiary/aromatic N) is 3. The molecule has 0 aromatic carbocycles. The molecule has 15 heavy (non-hydrogen) atoms. The van der Waals surface area contributed by atoms with Crippen LogP contribution in [0.3, 0.4) is 0 Å². The summed E-state index contributed by atoms with van der Waals surface area (Å²) in [5.74, 6) is -0.135. The van der Waals surface area contributed by atoms with Gasteiger partial charge < -0.3 is 4.90 Å². The van der Waals surface area contributed by atoms with E-state index in [1.165, 1.54) is 21.9 Å².